The van der Waals surface area contributed by atoms with Gasteiger partial charge in [-0.25, -0.2) is 0 Å². The Hall–Kier alpha value is -2.73. The number of ether oxygens (including phenoxy) is 1. The fourth-order valence-corrected chi connectivity index (χ4v) is 4.74. The Kier molecular flexibility index (Phi) is 5.25. The van der Waals surface area contributed by atoms with E-state index in [0.717, 1.165) is 28.5 Å². The van der Waals surface area contributed by atoms with E-state index in [2.05, 4.69) is 10.1 Å². The highest BCUT2D eigenvalue weighted by Gasteiger charge is 2.32. The molecule has 5 rings (SSSR count). The van der Waals surface area contributed by atoms with Crippen molar-refractivity contribution in [2.75, 3.05) is 26.2 Å². The van der Waals surface area contributed by atoms with Gasteiger partial charge in [0.2, 0.25) is 0 Å². The number of benzene rings is 2. The lowest BCUT2D eigenvalue weighted by atomic mass is 9.83. The summed E-state index contributed by atoms with van der Waals surface area (Å²) in [6, 6.07) is 9.92. The van der Waals surface area contributed by atoms with Gasteiger partial charge in [0.15, 0.2) is 5.58 Å². The summed E-state index contributed by atoms with van der Waals surface area (Å²) in [6.45, 7) is 3.97. The molecule has 2 fully saturated rings. The van der Waals surface area contributed by atoms with E-state index in [1.165, 1.54) is 32.4 Å². The fraction of sp³-hybridized carbons (Fsp3) is 0.458. The minimum absolute atomic E-state index is 0.00120. The highest BCUT2D eigenvalue weighted by molar-refractivity contribution is 6.11. The zero-order valence-corrected chi connectivity index (χ0v) is 17.1. The molecular formula is C24H26N2O4. The number of aromatic nitrogens is 1. The van der Waals surface area contributed by atoms with Crippen molar-refractivity contribution >= 4 is 33.3 Å². The first-order valence-corrected chi connectivity index (χ1v) is 10.9. The van der Waals surface area contributed by atoms with Crippen LogP contribution in [0.5, 0.6) is 5.75 Å². The van der Waals surface area contributed by atoms with E-state index >= 15 is 0 Å². The van der Waals surface area contributed by atoms with Crippen LogP contribution in [0.2, 0.25) is 0 Å². The van der Waals surface area contributed by atoms with Crippen molar-refractivity contribution in [2.45, 2.75) is 44.4 Å². The molecule has 2 aromatic carbocycles. The van der Waals surface area contributed by atoms with Gasteiger partial charge in [-0.1, -0.05) is 17.6 Å². The highest BCUT2D eigenvalue weighted by Crippen LogP contribution is 2.37. The van der Waals surface area contributed by atoms with Gasteiger partial charge in [-0.2, -0.15) is 0 Å². The molecule has 1 saturated carbocycles. The fourth-order valence-electron chi connectivity index (χ4n) is 4.74. The zero-order valence-electron chi connectivity index (χ0n) is 17.1. The second-order valence-corrected chi connectivity index (χ2v) is 8.41. The Morgan fingerprint density at radius 2 is 1.97 bits per heavy atom. The third-order valence-corrected chi connectivity index (χ3v) is 6.38. The third-order valence-electron chi connectivity index (χ3n) is 6.38. The smallest absolute Gasteiger partial charge is 0.167 e. The minimum Gasteiger partial charge on any atom is -0.492 e. The van der Waals surface area contributed by atoms with E-state index in [9.17, 15) is 9.59 Å². The van der Waals surface area contributed by atoms with Crippen LogP contribution in [0.25, 0.3) is 21.7 Å². The summed E-state index contributed by atoms with van der Waals surface area (Å²) in [5.41, 5.74) is 1.33. The lowest BCUT2D eigenvalue weighted by Crippen LogP contribution is -2.33. The summed E-state index contributed by atoms with van der Waals surface area (Å²) in [4.78, 5) is 26.5. The van der Waals surface area contributed by atoms with Crippen molar-refractivity contribution in [3.05, 3.63) is 36.0 Å². The zero-order chi connectivity index (χ0) is 20.5. The molecule has 0 bridgehead atoms. The summed E-state index contributed by atoms with van der Waals surface area (Å²) >= 11 is 0. The van der Waals surface area contributed by atoms with Gasteiger partial charge in [0.25, 0.3) is 0 Å². The van der Waals surface area contributed by atoms with E-state index in [1.807, 2.05) is 30.3 Å². The van der Waals surface area contributed by atoms with E-state index in [0.29, 0.717) is 30.7 Å². The molecule has 2 heterocycles. The number of carbonyl (C=O) groups is 2. The molecule has 1 saturated heterocycles. The van der Waals surface area contributed by atoms with Gasteiger partial charge in [-0.15, -0.1) is 0 Å². The first kappa shape index (κ1) is 19.2. The maximum Gasteiger partial charge on any atom is 0.167 e. The van der Waals surface area contributed by atoms with Crippen LogP contribution in [0.3, 0.4) is 0 Å². The van der Waals surface area contributed by atoms with Crippen molar-refractivity contribution in [2.24, 2.45) is 0 Å². The van der Waals surface area contributed by atoms with Crippen LogP contribution in [-0.2, 0) is 9.59 Å². The molecule has 0 spiro atoms. The lowest BCUT2D eigenvalue weighted by molar-refractivity contribution is -0.130. The molecule has 1 aromatic heterocycles. The number of ketones is 2. The van der Waals surface area contributed by atoms with Crippen LogP contribution in [0.1, 0.15) is 50.1 Å². The van der Waals surface area contributed by atoms with Crippen LogP contribution in [-0.4, -0.2) is 47.9 Å². The molecule has 6 heteroatoms. The molecule has 0 N–H and O–H groups in total. The summed E-state index contributed by atoms with van der Waals surface area (Å²) in [5, 5.41) is 7.13. The first-order chi connectivity index (χ1) is 14.7. The first-order valence-electron chi connectivity index (χ1n) is 10.9. The number of nitrogens with zero attached hydrogens (tertiary/aromatic N) is 2. The molecule has 0 amide bonds. The van der Waals surface area contributed by atoms with Gasteiger partial charge >= 0.3 is 0 Å². The third kappa shape index (κ3) is 3.72. The minimum atomic E-state index is -0.366. The number of fused-ring (bicyclic) bond motifs is 3. The van der Waals surface area contributed by atoms with Crippen LogP contribution < -0.4 is 4.74 Å². The number of likely N-dealkylation sites (tertiary alicyclic amines) is 1. The van der Waals surface area contributed by atoms with Crippen LogP contribution in [0, 0.1) is 0 Å². The maximum atomic E-state index is 12.5. The monoisotopic (exact) mass is 406 g/mol. The summed E-state index contributed by atoms with van der Waals surface area (Å²) in [6.07, 6.45) is 4.83. The molecule has 1 aliphatic carbocycles. The number of hydrogen-bond acceptors (Lipinski definition) is 6. The standard InChI is InChI=1S/C24H26N2O4/c27-17-5-7-20(21(28)15-17)24-23-19-8-6-18(14-16(19)4-9-22(23)30-25-24)29-13-12-26-10-2-1-3-11-26/h4,6,8-9,14,20H,1-3,5,7,10-13,15H2/t20-/m0/s1. The Balaban J connectivity index is 1.39. The second kappa shape index (κ2) is 8.19. The highest BCUT2D eigenvalue weighted by atomic mass is 16.5. The SMILES string of the molecule is O=C1CC[C@H](c2noc3ccc4cc(OCCN5CCCCC5)ccc4c23)C(=O)C1. The van der Waals surface area contributed by atoms with Gasteiger partial charge < -0.3 is 9.26 Å². The van der Waals surface area contributed by atoms with Crippen LogP contribution in [0.4, 0.5) is 0 Å². The van der Waals surface area contributed by atoms with Crippen molar-refractivity contribution in [3.63, 3.8) is 0 Å². The summed E-state index contributed by atoms with van der Waals surface area (Å²) < 4.78 is 11.5. The topological polar surface area (TPSA) is 72.6 Å². The second-order valence-electron chi connectivity index (χ2n) is 8.41. The summed E-state index contributed by atoms with van der Waals surface area (Å²) in [5.74, 6) is 0.433. The van der Waals surface area contributed by atoms with Crippen LogP contribution >= 0.6 is 0 Å². The molecule has 0 unspecified atom stereocenters. The number of Topliss-reactive ketones (excluding diaryl/α,β-unsaturated/α-hetero) is 2. The predicted molar refractivity (Wildman–Crippen MR) is 114 cm³/mol. The van der Waals surface area contributed by atoms with E-state index in [4.69, 9.17) is 9.26 Å². The Labute approximate surface area is 175 Å². The molecular weight excluding hydrogens is 380 g/mol. The van der Waals surface area contributed by atoms with E-state index in [1.54, 1.807) is 0 Å². The van der Waals surface area contributed by atoms with Gasteiger partial charge in [0.1, 0.15) is 29.6 Å². The molecule has 0 radical (unpaired) electrons. The van der Waals surface area contributed by atoms with Gasteiger partial charge in [0, 0.05) is 13.0 Å². The largest absolute Gasteiger partial charge is 0.492 e. The van der Waals surface area contributed by atoms with Gasteiger partial charge in [0.05, 0.1) is 17.7 Å². The van der Waals surface area contributed by atoms with Crippen molar-refractivity contribution < 1.29 is 18.8 Å². The van der Waals surface area contributed by atoms with E-state index < -0.39 is 0 Å². The van der Waals surface area contributed by atoms with Crippen molar-refractivity contribution in [3.8, 4) is 5.75 Å². The molecule has 1 aliphatic heterocycles. The normalized spacial score (nSPS) is 20.9. The Bertz CT molecular complexity index is 1100. The Morgan fingerprint density at radius 3 is 2.80 bits per heavy atom. The maximum absolute atomic E-state index is 12.5. The molecule has 3 aromatic rings. The molecule has 156 valence electrons. The van der Waals surface area contributed by atoms with Crippen molar-refractivity contribution in [1.29, 1.82) is 0 Å². The number of rotatable bonds is 5. The van der Waals surface area contributed by atoms with Gasteiger partial charge in [-0.3, -0.25) is 14.5 Å². The molecule has 30 heavy (non-hydrogen) atoms. The van der Waals surface area contributed by atoms with Crippen molar-refractivity contribution in [1.82, 2.24) is 10.1 Å². The average molecular weight is 406 g/mol. The number of carbonyl (C=O) groups excluding carboxylic acids is 2. The van der Waals surface area contributed by atoms with Gasteiger partial charge in [-0.05, 0) is 67.4 Å². The predicted octanol–water partition coefficient (Wildman–Crippen LogP) is 4.25. The Morgan fingerprint density at radius 1 is 1.10 bits per heavy atom. The number of hydrogen-bond donors (Lipinski definition) is 0. The van der Waals surface area contributed by atoms with E-state index in [-0.39, 0.29) is 23.9 Å². The number of piperidine rings is 1. The quantitative estimate of drug-likeness (QED) is 0.590. The average Bonchev–Trinajstić information content (AvgIpc) is 3.19. The summed E-state index contributed by atoms with van der Waals surface area (Å²) in [7, 11) is 0. The molecule has 6 nitrogen and oxygen atoms in total. The molecule has 2 aliphatic rings. The van der Waals surface area contributed by atoms with Crippen LogP contribution in [0.15, 0.2) is 34.9 Å². The molecule has 1 atom stereocenters. The lowest BCUT2D eigenvalue weighted by Gasteiger charge is -2.26.